The van der Waals surface area contributed by atoms with Crippen molar-refractivity contribution in [2.75, 3.05) is 18.0 Å². The topological polar surface area (TPSA) is 96.0 Å². The number of amides is 2. The lowest BCUT2D eigenvalue weighted by molar-refractivity contribution is -0.140. The van der Waals surface area contributed by atoms with Crippen molar-refractivity contribution in [3.63, 3.8) is 0 Å². The number of methoxy groups -OCH3 is 1. The number of hydrogen-bond acceptors (Lipinski definition) is 5. The van der Waals surface area contributed by atoms with Crippen molar-refractivity contribution in [3.05, 3.63) is 88.9 Å². The fourth-order valence-corrected chi connectivity index (χ4v) is 6.16. The Hall–Kier alpha value is -3.77. The summed E-state index contributed by atoms with van der Waals surface area (Å²) in [7, 11) is -3.14. The molecule has 8 nitrogen and oxygen atoms in total. The first-order chi connectivity index (χ1) is 20.7. The number of alkyl halides is 3. The second-order valence-electron chi connectivity index (χ2n) is 10.1. The van der Waals surface area contributed by atoms with Crippen LogP contribution in [0, 0.1) is 0 Å². The lowest BCUT2D eigenvalue weighted by atomic mass is 10.1. The van der Waals surface area contributed by atoms with Gasteiger partial charge in [0.25, 0.3) is 10.0 Å². The maximum atomic E-state index is 14.2. The summed E-state index contributed by atoms with van der Waals surface area (Å²) >= 11 is 6.30. The average molecular weight is 654 g/mol. The van der Waals surface area contributed by atoms with Gasteiger partial charge in [0, 0.05) is 12.6 Å². The van der Waals surface area contributed by atoms with Crippen LogP contribution in [-0.4, -0.2) is 50.9 Å². The van der Waals surface area contributed by atoms with Gasteiger partial charge in [-0.3, -0.25) is 13.9 Å². The SMILES string of the molecule is CC[C@H](C(=O)N[C@@H](C)CC)N(Cc1cccc(OC)c1)C(=O)CN(c1cc(C(F)(F)F)ccc1Cl)S(=O)(=O)c1ccccc1. The lowest BCUT2D eigenvalue weighted by Gasteiger charge is -2.34. The Labute approximate surface area is 260 Å². The number of nitrogens with zero attached hydrogens (tertiary/aromatic N) is 2. The van der Waals surface area contributed by atoms with Crippen molar-refractivity contribution in [1.82, 2.24) is 10.2 Å². The molecule has 1 N–H and O–H groups in total. The van der Waals surface area contributed by atoms with Crippen LogP contribution in [0.2, 0.25) is 5.02 Å². The Kier molecular flexibility index (Phi) is 11.7. The molecule has 0 aliphatic rings. The van der Waals surface area contributed by atoms with E-state index in [1.54, 1.807) is 37.3 Å². The van der Waals surface area contributed by atoms with Crippen molar-refractivity contribution < 1.29 is 35.9 Å². The van der Waals surface area contributed by atoms with Crippen LogP contribution >= 0.6 is 11.6 Å². The second kappa shape index (κ2) is 14.8. The number of sulfonamides is 1. The molecule has 0 unspecified atom stereocenters. The van der Waals surface area contributed by atoms with Gasteiger partial charge in [-0.25, -0.2) is 8.42 Å². The van der Waals surface area contributed by atoms with E-state index in [1.807, 2.05) is 13.8 Å². The summed E-state index contributed by atoms with van der Waals surface area (Å²) < 4.78 is 74.8. The molecular formula is C31H35ClF3N3O5S. The molecule has 238 valence electrons. The van der Waals surface area contributed by atoms with Crippen molar-refractivity contribution in [2.45, 2.75) is 63.3 Å². The smallest absolute Gasteiger partial charge is 0.416 e. The number of hydrogen-bond donors (Lipinski definition) is 1. The molecule has 0 bridgehead atoms. The number of benzene rings is 3. The van der Waals surface area contributed by atoms with Gasteiger partial charge in [-0.15, -0.1) is 0 Å². The summed E-state index contributed by atoms with van der Waals surface area (Å²) in [5.41, 5.74) is -1.09. The molecule has 13 heteroatoms. The number of anilines is 1. The zero-order valence-corrected chi connectivity index (χ0v) is 26.3. The first-order valence-electron chi connectivity index (χ1n) is 13.9. The number of ether oxygens (including phenoxy) is 1. The summed E-state index contributed by atoms with van der Waals surface area (Å²) in [4.78, 5) is 28.5. The van der Waals surface area contributed by atoms with E-state index in [2.05, 4.69) is 5.32 Å². The van der Waals surface area contributed by atoms with Crippen LogP contribution in [0.1, 0.15) is 44.7 Å². The van der Waals surface area contributed by atoms with E-state index in [0.29, 0.717) is 28.1 Å². The fraction of sp³-hybridized carbons (Fsp3) is 0.355. The van der Waals surface area contributed by atoms with Crippen LogP contribution in [0.15, 0.2) is 77.7 Å². The fourth-order valence-electron chi connectivity index (χ4n) is 4.44. The quantitative estimate of drug-likeness (QED) is 0.234. The highest BCUT2D eigenvalue weighted by molar-refractivity contribution is 7.92. The molecule has 0 aromatic heterocycles. The molecule has 0 fully saturated rings. The molecule has 0 radical (unpaired) electrons. The van der Waals surface area contributed by atoms with E-state index < -0.39 is 51.9 Å². The van der Waals surface area contributed by atoms with Crippen LogP contribution in [-0.2, 0) is 32.3 Å². The van der Waals surface area contributed by atoms with Crippen LogP contribution < -0.4 is 14.4 Å². The van der Waals surface area contributed by atoms with E-state index in [-0.39, 0.29) is 28.9 Å². The summed E-state index contributed by atoms with van der Waals surface area (Å²) in [6, 6.07) is 14.8. The normalized spacial score (nSPS) is 13.1. The predicted molar refractivity (Wildman–Crippen MR) is 163 cm³/mol. The number of halogens is 4. The molecule has 0 aliphatic heterocycles. The third kappa shape index (κ3) is 8.44. The molecule has 3 rings (SSSR count). The van der Waals surface area contributed by atoms with Crippen molar-refractivity contribution in [2.24, 2.45) is 0 Å². The maximum absolute atomic E-state index is 14.2. The van der Waals surface area contributed by atoms with Crippen LogP contribution in [0.5, 0.6) is 5.75 Å². The average Bonchev–Trinajstić information content (AvgIpc) is 2.99. The van der Waals surface area contributed by atoms with Gasteiger partial charge >= 0.3 is 6.18 Å². The Morgan fingerprint density at radius 3 is 2.25 bits per heavy atom. The molecule has 0 saturated carbocycles. The number of carbonyl (C=O) groups excluding carboxylic acids is 2. The first-order valence-corrected chi connectivity index (χ1v) is 15.7. The largest absolute Gasteiger partial charge is 0.497 e. The predicted octanol–water partition coefficient (Wildman–Crippen LogP) is 6.28. The van der Waals surface area contributed by atoms with E-state index in [0.717, 1.165) is 12.1 Å². The minimum absolute atomic E-state index is 0.113. The summed E-state index contributed by atoms with van der Waals surface area (Å²) in [6.45, 7) is 4.35. The number of carbonyl (C=O) groups is 2. The molecule has 2 amide bonds. The minimum Gasteiger partial charge on any atom is -0.497 e. The first kappa shape index (κ1) is 34.7. The Bertz CT molecular complexity index is 1550. The minimum atomic E-state index is -4.81. The monoisotopic (exact) mass is 653 g/mol. The molecule has 0 saturated heterocycles. The molecule has 2 atom stereocenters. The zero-order valence-electron chi connectivity index (χ0n) is 24.8. The van der Waals surface area contributed by atoms with E-state index in [4.69, 9.17) is 16.3 Å². The van der Waals surface area contributed by atoms with E-state index in [1.165, 1.54) is 36.3 Å². The van der Waals surface area contributed by atoms with Gasteiger partial charge in [-0.2, -0.15) is 13.2 Å². The van der Waals surface area contributed by atoms with Crippen molar-refractivity contribution in [3.8, 4) is 5.75 Å². The van der Waals surface area contributed by atoms with Crippen LogP contribution in [0.25, 0.3) is 0 Å². The lowest BCUT2D eigenvalue weighted by Crippen LogP contribution is -2.53. The van der Waals surface area contributed by atoms with Gasteiger partial charge in [0.15, 0.2) is 0 Å². The molecule has 0 heterocycles. The summed E-state index contributed by atoms with van der Waals surface area (Å²) in [5, 5.41) is 2.55. The van der Waals surface area contributed by atoms with Crippen molar-refractivity contribution >= 4 is 39.1 Å². The molecule has 44 heavy (non-hydrogen) atoms. The van der Waals surface area contributed by atoms with Crippen LogP contribution in [0.4, 0.5) is 18.9 Å². The maximum Gasteiger partial charge on any atom is 0.416 e. The van der Waals surface area contributed by atoms with Gasteiger partial charge in [0.05, 0.1) is 28.3 Å². The van der Waals surface area contributed by atoms with Gasteiger partial charge in [-0.1, -0.05) is 55.8 Å². The molecule has 3 aromatic rings. The van der Waals surface area contributed by atoms with E-state index >= 15 is 0 Å². The Balaban J connectivity index is 2.16. The molecule has 0 spiro atoms. The third-order valence-electron chi connectivity index (χ3n) is 7.03. The highest BCUT2D eigenvalue weighted by Gasteiger charge is 2.37. The van der Waals surface area contributed by atoms with E-state index in [9.17, 15) is 31.2 Å². The number of rotatable bonds is 13. The standard InChI is InChI=1S/C31H35ClF3N3O5S/c1-5-21(3)36-30(40)27(6-2)37(19-22-11-10-12-24(17-22)43-4)29(39)20-38(44(41,42)25-13-8-7-9-14-25)28-18-23(31(33,34)35)15-16-26(28)32/h7-18,21,27H,5-6,19-20H2,1-4H3,(H,36,40)/t21-,27+/m0/s1. The summed E-state index contributed by atoms with van der Waals surface area (Å²) in [6.07, 6.45) is -4.01. The molecule has 3 aromatic carbocycles. The van der Waals surface area contributed by atoms with Gasteiger partial charge < -0.3 is 15.0 Å². The van der Waals surface area contributed by atoms with Gasteiger partial charge in [0.1, 0.15) is 18.3 Å². The molecule has 0 aliphatic carbocycles. The van der Waals surface area contributed by atoms with Crippen LogP contribution in [0.3, 0.4) is 0 Å². The zero-order chi connectivity index (χ0) is 32.7. The van der Waals surface area contributed by atoms with Crippen molar-refractivity contribution in [1.29, 1.82) is 0 Å². The molecular weight excluding hydrogens is 619 g/mol. The van der Waals surface area contributed by atoms with Gasteiger partial charge in [-0.05, 0) is 67.8 Å². The second-order valence-corrected chi connectivity index (χ2v) is 12.4. The Morgan fingerprint density at radius 2 is 1.66 bits per heavy atom. The highest BCUT2D eigenvalue weighted by atomic mass is 35.5. The Morgan fingerprint density at radius 1 is 0.977 bits per heavy atom. The van der Waals surface area contributed by atoms with Gasteiger partial charge in [0.2, 0.25) is 11.8 Å². The highest BCUT2D eigenvalue weighted by Crippen LogP contribution is 2.37. The third-order valence-corrected chi connectivity index (χ3v) is 9.12. The number of nitrogens with one attached hydrogen (secondary N) is 1. The summed E-state index contributed by atoms with van der Waals surface area (Å²) in [5.74, 6) is -0.782.